The number of rotatable bonds is 9. The van der Waals surface area contributed by atoms with Crippen molar-refractivity contribution in [2.45, 2.75) is 52.7 Å². The van der Waals surface area contributed by atoms with Gasteiger partial charge in [0.1, 0.15) is 17.6 Å². The van der Waals surface area contributed by atoms with Crippen molar-refractivity contribution in [1.29, 1.82) is 0 Å². The van der Waals surface area contributed by atoms with Crippen molar-refractivity contribution in [3.63, 3.8) is 0 Å². The number of hydrogen-bond donors (Lipinski definition) is 1. The lowest BCUT2D eigenvalue weighted by Gasteiger charge is -2.38. The molecule has 3 aromatic rings. The summed E-state index contributed by atoms with van der Waals surface area (Å²) >= 11 is 0. The summed E-state index contributed by atoms with van der Waals surface area (Å²) in [5.41, 5.74) is 2.57. The van der Waals surface area contributed by atoms with Gasteiger partial charge in [0.15, 0.2) is 5.65 Å². The van der Waals surface area contributed by atoms with Gasteiger partial charge in [-0.05, 0) is 34.6 Å². The molecule has 1 fully saturated rings. The lowest BCUT2D eigenvalue weighted by molar-refractivity contribution is -0.133. The number of carbonyl (C=O) groups is 1. The Labute approximate surface area is 209 Å². The van der Waals surface area contributed by atoms with E-state index < -0.39 is 0 Å². The molecule has 8 heteroatoms. The molecule has 0 radical (unpaired) electrons. The summed E-state index contributed by atoms with van der Waals surface area (Å²) in [5.74, 6) is 0.939. The van der Waals surface area contributed by atoms with Crippen molar-refractivity contribution in [2.75, 3.05) is 44.6 Å². The lowest BCUT2D eigenvalue weighted by Crippen LogP contribution is -2.53. The smallest absolute Gasteiger partial charge is 0.244 e. The fourth-order valence-electron chi connectivity index (χ4n) is 4.94. The summed E-state index contributed by atoms with van der Waals surface area (Å²) in [4.78, 5) is 29.3. The summed E-state index contributed by atoms with van der Waals surface area (Å²) in [7, 11) is 0. The van der Waals surface area contributed by atoms with E-state index in [4.69, 9.17) is 4.98 Å². The Morgan fingerprint density at radius 2 is 1.71 bits per heavy atom. The molecule has 1 N–H and O–H groups in total. The van der Waals surface area contributed by atoms with Crippen LogP contribution in [0.2, 0.25) is 0 Å². The second-order valence-electron chi connectivity index (χ2n) is 9.94. The minimum Gasteiger partial charge on any atom is -0.358 e. The Kier molecular flexibility index (Phi) is 8.03. The molecular weight excluding hydrogens is 438 g/mol. The topological polar surface area (TPSA) is 69.0 Å². The third-order valence-corrected chi connectivity index (χ3v) is 6.89. The maximum atomic E-state index is 13.4. The van der Waals surface area contributed by atoms with Crippen molar-refractivity contribution in [2.24, 2.45) is 0 Å². The van der Waals surface area contributed by atoms with Crippen LogP contribution in [0.5, 0.6) is 0 Å². The van der Waals surface area contributed by atoms with E-state index in [2.05, 4.69) is 47.8 Å². The van der Waals surface area contributed by atoms with E-state index >= 15 is 0 Å². The minimum atomic E-state index is -0.366. The zero-order valence-electron chi connectivity index (χ0n) is 21.7. The van der Waals surface area contributed by atoms with Crippen LogP contribution in [0.4, 0.5) is 5.82 Å². The second-order valence-corrected chi connectivity index (χ2v) is 9.94. The van der Waals surface area contributed by atoms with Crippen molar-refractivity contribution in [1.82, 2.24) is 29.1 Å². The summed E-state index contributed by atoms with van der Waals surface area (Å²) in [6.45, 7) is 16.4. The zero-order valence-corrected chi connectivity index (χ0v) is 21.7. The summed E-state index contributed by atoms with van der Waals surface area (Å²) in [5, 5.41) is 3.47. The molecular formula is C27H39N7O. The Hall–Kier alpha value is -2.97. The minimum absolute atomic E-state index is 0.124. The first-order chi connectivity index (χ1) is 16.8. The molecule has 2 aromatic heterocycles. The van der Waals surface area contributed by atoms with E-state index in [0.717, 1.165) is 62.0 Å². The molecule has 4 rings (SSSR count). The van der Waals surface area contributed by atoms with E-state index in [1.807, 2.05) is 52.8 Å². The summed E-state index contributed by atoms with van der Waals surface area (Å²) < 4.78 is 1.96. The first-order valence-electron chi connectivity index (χ1n) is 12.8. The normalized spacial score (nSPS) is 15.9. The highest BCUT2D eigenvalue weighted by atomic mass is 16.2. The zero-order chi connectivity index (χ0) is 24.9. The molecule has 3 heterocycles. The molecule has 1 aliphatic heterocycles. The van der Waals surface area contributed by atoms with Crippen LogP contribution in [0.15, 0.2) is 48.9 Å². The van der Waals surface area contributed by atoms with E-state index in [1.54, 1.807) is 12.4 Å². The van der Waals surface area contributed by atoms with Crippen LogP contribution in [0.25, 0.3) is 16.9 Å². The van der Waals surface area contributed by atoms with Crippen LogP contribution in [-0.4, -0.2) is 92.4 Å². The second kappa shape index (κ2) is 11.2. The van der Waals surface area contributed by atoms with Gasteiger partial charge in [0, 0.05) is 69.3 Å². The maximum absolute atomic E-state index is 13.4. The van der Waals surface area contributed by atoms with E-state index in [9.17, 15) is 4.79 Å². The molecule has 0 aliphatic carbocycles. The first kappa shape index (κ1) is 25.1. The number of hydrogen-bond acceptors (Lipinski definition) is 6. The molecule has 1 aromatic carbocycles. The first-order valence-corrected chi connectivity index (χ1v) is 12.8. The van der Waals surface area contributed by atoms with Crippen LogP contribution in [0.3, 0.4) is 0 Å². The number of benzene rings is 1. The van der Waals surface area contributed by atoms with E-state index in [-0.39, 0.29) is 11.9 Å². The quantitative estimate of drug-likeness (QED) is 0.509. The van der Waals surface area contributed by atoms with Crippen LogP contribution in [0, 0.1) is 0 Å². The average molecular weight is 478 g/mol. The number of nitrogens with zero attached hydrogens (tertiary/aromatic N) is 6. The molecule has 1 unspecified atom stereocenters. The number of aromatic nitrogens is 3. The molecule has 0 saturated carbocycles. The van der Waals surface area contributed by atoms with Gasteiger partial charge in [-0.3, -0.25) is 24.0 Å². The largest absolute Gasteiger partial charge is 0.358 e. The van der Waals surface area contributed by atoms with Gasteiger partial charge in [0.05, 0.1) is 6.20 Å². The Morgan fingerprint density at radius 3 is 2.37 bits per heavy atom. The molecule has 1 amide bonds. The van der Waals surface area contributed by atoms with E-state index in [1.165, 1.54) is 0 Å². The molecule has 8 nitrogen and oxygen atoms in total. The van der Waals surface area contributed by atoms with Crippen LogP contribution >= 0.6 is 0 Å². The number of nitrogens with one attached hydrogen (secondary N) is 1. The third kappa shape index (κ3) is 5.82. The molecule has 0 bridgehead atoms. The third-order valence-electron chi connectivity index (χ3n) is 6.89. The van der Waals surface area contributed by atoms with Gasteiger partial charge in [0.25, 0.3) is 0 Å². The predicted octanol–water partition coefficient (Wildman–Crippen LogP) is 3.46. The van der Waals surface area contributed by atoms with Gasteiger partial charge in [-0.25, -0.2) is 4.98 Å². The number of anilines is 1. The van der Waals surface area contributed by atoms with Gasteiger partial charge >= 0.3 is 0 Å². The predicted molar refractivity (Wildman–Crippen MR) is 142 cm³/mol. The van der Waals surface area contributed by atoms with Crippen LogP contribution in [0.1, 0.15) is 34.6 Å². The van der Waals surface area contributed by atoms with Gasteiger partial charge in [0.2, 0.25) is 5.91 Å². The Bertz CT molecular complexity index is 1100. The highest BCUT2D eigenvalue weighted by Gasteiger charge is 2.27. The van der Waals surface area contributed by atoms with Gasteiger partial charge < -0.3 is 10.2 Å². The van der Waals surface area contributed by atoms with Crippen molar-refractivity contribution in [3.8, 4) is 11.3 Å². The lowest BCUT2D eigenvalue weighted by atomic mass is 10.1. The van der Waals surface area contributed by atoms with Gasteiger partial charge in [-0.15, -0.1) is 0 Å². The average Bonchev–Trinajstić information content (AvgIpc) is 3.22. The van der Waals surface area contributed by atoms with Crippen LogP contribution in [-0.2, 0) is 4.79 Å². The molecule has 1 atom stereocenters. The highest BCUT2D eigenvalue weighted by Crippen LogP contribution is 2.29. The van der Waals surface area contributed by atoms with Crippen molar-refractivity contribution >= 4 is 17.4 Å². The summed E-state index contributed by atoms with van der Waals surface area (Å²) in [6, 6.07) is 10.8. The maximum Gasteiger partial charge on any atom is 0.244 e. The van der Waals surface area contributed by atoms with Crippen LogP contribution < -0.4 is 5.32 Å². The molecule has 1 saturated heterocycles. The molecule has 0 spiro atoms. The SMILES string of the molecule is CC(Nc1c(-c2ccccc2)nc2cnccn12)C(=O)N1CCN(CCN(C(C)C)C(C)C)CC1. The molecule has 35 heavy (non-hydrogen) atoms. The number of imidazole rings is 1. The van der Waals surface area contributed by atoms with Gasteiger partial charge in [-0.1, -0.05) is 30.3 Å². The fraction of sp³-hybridized carbons (Fsp3) is 0.519. The standard InChI is InChI=1S/C27H39N7O/c1-20(2)33(21(3)4)18-15-31-13-16-32(17-14-31)27(35)22(5)29-26-25(23-9-7-6-8-10-23)30-24-19-28-11-12-34(24)26/h6-12,19-22,29H,13-18H2,1-5H3. The number of piperazine rings is 1. The Balaban J connectivity index is 1.39. The monoisotopic (exact) mass is 477 g/mol. The fourth-order valence-corrected chi connectivity index (χ4v) is 4.94. The highest BCUT2D eigenvalue weighted by molar-refractivity contribution is 5.86. The summed E-state index contributed by atoms with van der Waals surface area (Å²) in [6.07, 6.45) is 5.35. The Morgan fingerprint density at radius 1 is 1.03 bits per heavy atom. The number of carbonyl (C=O) groups excluding carboxylic acids is 1. The van der Waals surface area contributed by atoms with Crippen molar-refractivity contribution in [3.05, 3.63) is 48.9 Å². The van der Waals surface area contributed by atoms with E-state index in [0.29, 0.717) is 12.1 Å². The molecule has 188 valence electrons. The van der Waals surface area contributed by atoms with Crippen molar-refractivity contribution < 1.29 is 4.79 Å². The number of fused-ring (bicyclic) bond motifs is 1. The van der Waals surface area contributed by atoms with Gasteiger partial charge in [-0.2, -0.15) is 0 Å². The number of amides is 1. The molecule has 1 aliphatic rings.